The second-order valence-electron chi connectivity index (χ2n) is 15.6. The number of piperidine rings is 3. The van der Waals surface area contributed by atoms with Crippen LogP contribution < -0.4 is 16.4 Å². The van der Waals surface area contributed by atoms with Crippen molar-refractivity contribution < 1.29 is 23.9 Å². The van der Waals surface area contributed by atoms with E-state index in [1.807, 2.05) is 71.9 Å². The molecule has 2 aromatic rings. The number of carbonyl (C=O) groups is 4. The first kappa shape index (κ1) is 38.2. The maximum absolute atomic E-state index is 14.2. The predicted octanol–water partition coefficient (Wildman–Crippen LogP) is 6.81. The first-order valence-electron chi connectivity index (χ1n) is 18.5. The lowest BCUT2D eigenvalue weighted by atomic mass is 9.78. The average Bonchev–Trinajstić information content (AvgIpc) is 3.12. The number of likely N-dealkylation sites (tertiary alicyclic amines) is 3. The van der Waals surface area contributed by atoms with Gasteiger partial charge in [0, 0.05) is 72.9 Å². The molecule has 52 heavy (non-hydrogen) atoms. The minimum absolute atomic E-state index is 0.0187. The number of halogens is 2. The number of amides is 6. The van der Waals surface area contributed by atoms with Crippen LogP contribution in [0.5, 0.6) is 0 Å². The fourth-order valence-corrected chi connectivity index (χ4v) is 9.30. The monoisotopic (exact) mass is 843 g/mol. The molecule has 4 aliphatic heterocycles. The second-order valence-corrected chi connectivity index (χ2v) is 17.3. The third-order valence-electron chi connectivity index (χ3n) is 10.9. The van der Waals surface area contributed by atoms with Crippen LogP contribution in [0.2, 0.25) is 0 Å². The highest BCUT2D eigenvalue weighted by molar-refractivity contribution is 9.11. The Balaban J connectivity index is 1.05. The predicted molar refractivity (Wildman–Crippen MR) is 208 cm³/mol. The molecule has 6 rings (SSSR count). The van der Waals surface area contributed by atoms with Crippen LogP contribution in [0.15, 0.2) is 45.3 Å². The summed E-state index contributed by atoms with van der Waals surface area (Å²) in [4.78, 5) is 60.8. The van der Waals surface area contributed by atoms with Crippen LogP contribution in [0.25, 0.3) is 0 Å². The van der Waals surface area contributed by atoms with E-state index < -0.39 is 11.6 Å². The Labute approximate surface area is 323 Å². The van der Waals surface area contributed by atoms with Crippen LogP contribution in [-0.2, 0) is 22.5 Å². The molecule has 4 heterocycles. The topological polar surface area (TPSA) is 141 Å². The number of fused-ring (bicyclic) bond motifs is 1. The zero-order valence-corrected chi connectivity index (χ0v) is 33.5. The number of ether oxygens (including phenoxy) is 1. The third-order valence-corrected chi connectivity index (χ3v) is 12.2. The molecule has 0 radical (unpaired) electrons. The van der Waals surface area contributed by atoms with Gasteiger partial charge in [0.25, 0.3) is 0 Å². The lowest BCUT2D eigenvalue weighted by molar-refractivity contribution is -0.135. The van der Waals surface area contributed by atoms with E-state index >= 15 is 0 Å². The zero-order chi connectivity index (χ0) is 37.2. The SMILES string of the molecule is CC(C)(C)OC(=O)N1CCC(C2CCN(C(=O)[C@@H](Cc3cc(Br)c(N)c(Br)c3)NC(=O)N3CCC(N4Cc5ccccc5NC4=O)CC3)CC2)CC1. The second kappa shape index (κ2) is 16.2. The van der Waals surface area contributed by atoms with Gasteiger partial charge in [0.2, 0.25) is 5.91 Å². The Morgan fingerprint density at radius 2 is 1.44 bits per heavy atom. The summed E-state index contributed by atoms with van der Waals surface area (Å²) in [5.41, 5.74) is 9.01. The van der Waals surface area contributed by atoms with E-state index in [4.69, 9.17) is 10.5 Å². The highest BCUT2D eigenvalue weighted by Crippen LogP contribution is 2.34. The number of anilines is 2. The number of nitrogens with one attached hydrogen (secondary N) is 2. The molecule has 0 unspecified atom stereocenters. The van der Waals surface area contributed by atoms with Crippen LogP contribution in [0.1, 0.15) is 70.4 Å². The Bertz CT molecular complexity index is 1620. The number of nitrogens with zero attached hydrogens (tertiary/aromatic N) is 4. The molecule has 0 aromatic heterocycles. The number of nitrogens with two attached hydrogens (primary N) is 1. The summed E-state index contributed by atoms with van der Waals surface area (Å²) >= 11 is 7.05. The molecule has 3 fully saturated rings. The molecule has 0 spiro atoms. The van der Waals surface area contributed by atoms with Crippen LogP contribution in [0, 0.1) is 11.8 Å². The molecular weight excluding hydrogens is 794 g/mol. The molecule has 0 bridgehead atoms. The van der Waals surface area contributed by atoms with Crippen molar-refractivity contribution in [3.05, 3.63) is 56.5 Å². The molecule has 282 valence electrons. The summed E-state index contributed by atoms with van der Waals surface area (Å²) < 4.78 is 7.02. The summed E-state index contributed by atoms with van der Waals surface area (Å²) in [5.74, 6) is 0.900. The summed E-state index contributed by atoms with van der Waals surface area (Å²) in [7, 11) is 0. The molecule has 0 aliphatic carbocycles. The first-order valence-corrected chi connectivity index (χ1v) is 20.1. The molecule has 2 aromatic carbocycles. The van der Waals surface area contributed by atoms with Crippen molar-refractivity contribution in [3.8, 4) is 0 Å². The lowest BCUT2D eigenvalue weighted by Gasteiger charge is -2.42. The Morgan fingerprint density at radius 3 is 2.04 bits per heavy atom. The van der Waals surface area contributed by atoms with E-state index in [0.29, 0.717) is 82.6 Å². The van der Waals surface area contributed by atoms with Crippen molar-refractivity contribution >= 4 is 67.3 Å². The molecule has 12 nitrogen and oxygen atoms in total. The van der Waals surface area contributed by atoms with E-state index in [9.17, 15) is 19.2 Å². The van der Waals surface area contributed by atoms with Crippen LogP contribution in [-0.4, -0.2) is 101 Å². The largest absolute Gasteiger partial charge is 0.444 e. The summed E-state index contributed by atoms with van der Waals surface area (Å²) in [5, 5.41) is 6.10. The van der Waals surface area contributed by atoms with Crippen molar-refractivity contribution in [3.63, 3.8) is 0 Å². The van der Waals surface area contributed by atoms with Gasteiger partial charge in [-0.2, -0.15) is 0 Å². The molecule has 4 aliphatic rings. The van der Waals surface area contributed by atoms with Gasteiger partial charge < -0.3 is 40.7 Å². The summed E-state index contributed by atoms with van der Waals surface area (Å²) in [6, 6.07) is 10.5. The van der Waals surface area contributed by atoms with Crippen molar-refractivity contribution in [2.45, 2.75) is 89.9 Å². The fraction of sp³-hybridized carbons (Fsp3) is 0.579. The number of benzene rings is 2. The number of hydrogen-bond donors (Lipinski definition) is 3. The normalized spacial score (nSPS) is 19.9. The summed E-state index contributed by atoms with van der Waals surface area (Å²) in [6.07, 6.45) is 5.04. The van der Waals surface area contributed by atoms with E-state index in [1.165, 1.54) is 0 Å². The summed E-state index contributed by atoms with van der Waals surface area (Å²) in [6.45, 7) is 9.81. The van der Waals surface area contributed by atoms with E-state index in [2.05, 4.69) is 42.5 Å². The fourth-order valence-electron chi connectivity index (χ4n) is 8.02. The molecule has 4 N–H and O–H groups in total. The van der Waals surface area contributed by atoms with Crippen molar-refractivity contribution in [1.82, 2.24) is 24.9 Å². The first-order chi connectivity index (χ1) is 24.8. The number of nitrogen functional groups attached to an aromatic ring is 1. The van der Waals surface area contributed by atoms with Gasteiger partial charge in [-0.3, -0.25) is 4.79 Å². The number of para-hydroxylation sites is 1. The molecule has 14 heteroatoms. The zero-order valence-electron chi connectivity index (χ0n) is 30.3. The Hall–Kier alpha value is -3.52. The van der Waals surface area contributed by atoms with Gasteiger partial charge in [0.15, 0.2) is 0 Å². The van der Waals surface area contributed by atoms with Crippen LogP contribution >= 0.6 is 31.9 Å². The number of urea groups is 2. The minimum atomic E-state index is -0.759. The highest BCUT2D eigenvalue weighted by Gasteiger charge is 2.37. The van der Waals surface area contributed by atoms with Gasteiger partial charge in [-0.1, -0.05) is 18.2 Å². The van der Waals surface area contributed by atoms with Gasteiger partial charge in [0.05, 0.1) is 5.69 Å². The number of carbonyl (C=O) groups excluding carboxylic acids is 4. The van der Waals surface area contributed by atoms with Gasteiger partial charge in [0.1, 0.15) is 11.6 Å². The smallest absolute Gasteiger partial charge is 0.410 e. The molecule has 0 saturated carbocycles. The van der Waals surface area contributed by atoms with Crippen LogP contribution in [0.4, 0.5) is 25.8 Å². The van der Waals surface area contributed by atoms with E-state index in [0.717, 1.165) is 51.4 Å². The number of rotatable bonds is 6. The standard InChI is InChI=1S/C38H51Br2N7O5/c1-38(2,3)52-37(51)46-16-10-26(11-17-46)25-8-14-44(15-9-25)34(48)32(22-24-20-29(39)33(41)30(40)21-24)43-35(49)45-18-12-28(13-19-45)47-23-27-6-4-5-7-31(27)42-36(47)50/h4-7,20-21,25-26,28,32H,8-19,22-23,41H2,1-3H3,(H,42,50)(H,43,49)/t32-/m1/s1. The Morgan fingerprint density at radius 1 is 0.885 bits per heavy atom. The van der Waals surface area contributed by atoms with Crippen molar-refractivity contribution in [1.29, 1.82) is 0 Å². The molecule has 3 saturated heterocycles. The Kier molecular flexibility index (Phi) is 11.9. The molecule has 1 atom stereocenters. The minimum Gasteiger partial charge on any atom is -0.444 e. The molecule has 6 amide bonds. The van der Waals surface area contributed by atoms with Gasteiger partial charge in [-0.25, -0.2) is 14.4 Å². The average molecular weight is 846 g/mol. The third kappa shape index (κ3) is 9.15. The van der Waals surface area contributed by atoms with Crippen molar-refractivity contribution in [2.24, 2.45) is 11.8 Å². The number of hydrogen-bond acceptors (Lipinski definition) is 6. The maximum Gasteiger partial charge on any atom is 0.410 e. The highest BCUT2D eigenvalue weighted by atomic mass is 79.9. The van der Waals surface area contributed by atoms with Crippen molar-refractivity contribution in [2.75, 3.05) is 50.3 Å². The van der Waals surface area contributed by atoms with Gasteiger partial charge >= 0.3 is 18.2 Å². The van der Waals surface area contributed by atoms with E-state index in [-0.39, 0.29) is 30.1 Å². The van der Waals surface area contributed by atoms with Gasteiger partial charge in [-0.05, 0) is 132 Å². The molecular formula is C38H51Br2N7O5. The van der Waals surface area contributed by atoms with Gasteiger partial charge in [-0.15, -0.1) is 0 Å². The van der Waals surface area contributed by atoms with E-state index in [1.54, 1.807) is 4.90 Å². The quantitative estimate of drug-likeness (QED) is 0.273. The lowest BCUT2D eigenvalue weighted by Crippen LogP contribution is -2.57. The van der Waals surface area contributed by atoms with Crippen LogP contribution in [0.3, 0.4) is 0 Å². The maximum atomic E-state index is 14.2.